The normalized spacial score (nSPS) is 10.5. The van der Waals surface area contributed by atoms with E-state index in [1.807, 2.05) is 13.8 Å². The van der Waals surface area contributed by atoms with Crippen LogP contribution in [0.5, 0.6) is 0 Å². The molecule has 17 heavy (non-hydrogen) atoms. The van der Waals surface area contributed by atoms with Gasteiger partial charge in [-0.15, -0.1) is 0 Å². The van der Waals surface area contributed by atoms with Gasteiger partial charge in [-0.1, -0.05) is 29.8 Å². The molecule has 2 aromatic rings. The summed E-state index contributed by atoms with van der Waals surface area (Å²) in [5, 5.41) is 3.64. The first-order valence-corrected chi connectivity index (χ1v) is 5.74. The second-order valence-electron chi connectivity index (χ2n) is 4.09. The topological polar surface area (TPSA) is 34.9 Å². The monoisotopic (exact) mass is 248 g/mol. The number of halogens is 1. The molecule has 0 spiro atoms. The SMILES string of the molecule is Cc1ccc(Cn2nc(C(=O)Cl)cc2C)cc1. The fourth-order valence-corrected chi connectivity index (χ4v) is 1.73. The van der Waals surface area contributed by atoms with Crippen molar-refractivity contribution in [3.8, 4) is 0 Å². The minimum atomic E-state index is -0.518. The zero-order chi connectivity index (χ0) is 12.4. The highest BCUT2D eigenvalue weighted by Crippen LogP contribution is 2.10. The van der Waals surface area contributed by atoms with Crippen molar-refractivity contribution in [3.05, 3.63) is 52.8 Å². The van der Waals surface area contributed by atoms with E-state index in [0.717, 1.165) is 11.3 Å². The van der Waals surface area contributed by atoms with E-state index in [2.05, 4.69) is 29.4 Å². The van der Waals surface area contributed by atoms with Crippen LogP contribution in [-0.2, 0) is 6.54 Å². The molecule has 0 amide bonds. The van der Waals surface area contributed by atoms with Gasteiger partial charge in [-0.05, 0) is 37.1 Å². The third-order valence-electron chi connectivity index (χ3n) is 2.64. The van der Waals surface area contributed by atoms with Crippen LogP contribution in [0.15, 0.2) is 30.3 Å². The van der Waals surface area contributed by atoms with Crippen molar-refractivity contribution in [2.24, 2.45) is 0 Å². The van der Waals surface area contributed by atoms with Crippen LogP contribution < -0.4 is 0 Å². The van der Waals surface area contributed by atoms with E-state index in [0.29, 0.717) is 12.2 Å². The third-order valence-corrected chi connectivity index (χ3v) is 2.83. The first-order valence-electron chi connectivity index (χ1n) is 5.36. The Labute approximate surface area is 105 Å². The molecule has 0 fully saturated rings. The number of carbonyl (C=O) groups is 1. The number of nitrogens with zero attached hydrogens (tertiary/aromatic N) is 2. The van der Waals surface area contributed by atoms with Crippen LogP contribution in [-0.4, -0.2) is 15.0 Å². The van der Waals surface area contributed by atoms with E-state index in [4.69, 9.17) is 11.6 Å². The number of rotatable bonds is 3. The molecule has 0 aliphatic carbocycles. The standard InChI is InChI=1S/C13H13ClN2O/c1-9-3-5-11(6-4-9)8-16-10(2)7-12(15-16)13(14)17/h3-7H,8H2,1-2H3. The summed E-state index contributed by atoms with van der Waals surface area (Å²) in [6, 6.07) is 9.92. The number of carbonyl (C=O) groups excluding carboxylic acids is 1. The maximum absolute atomic E-state index is 11.0. The van der Waals surface area contributed by atoms with Crippen molar-refractivity contribution in [2.75, 3.05) is 0 Å². The summed E-state index contributed by atoms with van der Waals surface area (Å²) in [6.07, 6.45) is 0. The fourth-order valence-electron chi connectivity index (χ4n) is 1.63. The van der Waals surface area contributed by atoms with E-state index in [9.17, 15) is 4.79 Å². The number of hydrogen-bond donors (Lipinski definition) is 0. The van der Waals surface area contributed by atoms with Gasteiger partial charge in [0.25, 0.3) is 5.24 Å². The summed E-state index contributed by atoms with van der Waals surface area (Å²) >= 11 is 5.40. The molecule has 0 N–H and O–H groups in total. The Hall–Kier alpha value is -1.61. The molecule has 1 heterocycles. The first kappa shape index (κ1) is 11.9. The molecule has 2 rings (SSSR count). The van der Waals surface area contributed by atoms with Gasteiger partial charge in [0.1, 0.15) is 5.69 Å². The molecule has 0 radical (unpaired) electrons. The van der Waals surface area contributed by atoms with Gasteiger partial charge in [-0.2, -0.15) is 5.10 Å². The van der Waals surface area contributed by atoms with Crippen molar-refractivity contribution in [1.29, 1.82) is 0 Å². The highest BCUT2D eigenvalue weighted by Gasteiger charge is 2.09. The highest BCUT2D eigenvalue weighted by molar-refractivity contribution is 6.67. The van der Waals surface area contributed by atoms with E-state index in [1.165, 1.54) is 5.56 Å². The summed E-state index contributed by atoms with van der Waals surface area (Å²) in [5.41, 5.74) is 3.60. The zero-order valence-electron chi connectivity index (χ0n) is 9.77. The summed E-state index contributed by atoms with van der Waals surface area (Å²) < 4.78 is 1.78. The lowest BCUT2D eigenvalue weighted by Crippen LogP contribution is -2.04. The molecule has 0 unspecified atom stereocenters. The Bertz CT molecular complexity index is 543. The lowest BCUT2D eigenvalue weighted by atomic mass is 10.1. The zero-order valence-corrected chi connectivity index (χ0v) is 10.5. The lowest BCUT2D eigenvalue weighted by molar-refractivity contribution is 0.107. The first-order chi connectivity index (χ1) is 8.06. The van der Waals surface area contributed by atoms with Gasteiger partial charge in [0, 0.05) is 5.69 Å². The van der Waals surface area contributed by atoms with Gasteiger partial charge in [-0.3, -0.25) is 9.48 Å². The van der Waals surface area contributed by atoms with Crippen LogP contribution in [0.1, 0.15) is 27.3 Å². The van der Waals surface area contributed by atoms with Gasteiger partial charge >= 0.3 is 0 Å². The van der Waals surface area contributed by atoms with Crippen LogP contribution in [0.3, 0.4) is 0 Å². The van der Waals surface area contributed by atoms with Crippen LogP contribution >= 0.6 is 11.6 Å². The summed E-state index contributed by atoms with van der Waals surface area (Å²) in [5.74, 6) is 0. The van der Waals surface area contributed by atoms with Crippen LogP contribution in [0.25, 0.3) is 0 Å². The van der Waals surface area contributed by atoms with Gasteiger partial charge in [0.05, 0.1) is 6.54 Å². The van der Waals surface area contributed by atoms with Crippen LogP contribution in [0, 0.1) is 13.8 Å². The van der Waals surface area contributed by atoms with E-state index >= 15 is 0 Å². The highest BCUT2D eigenvalue weighted by atomic mass is 35.5. The molecule has 0 saturated heterocycles. The van der Waals surface area contributed by atoms with Crippen molar-refractivity contribution in [2.45, 2.75) is 20.4 Å². The van der Waals surface area contributed by atoms with E-state index in [-0.39, 0.29) is 0 Å². The number of benzene rings is 1. The van der Waals surface area contributed by atoms with E-state index < -0.39 is 5.24 Å². The average Bonchev–Trinajstić information content (AvgIpc) is 2.64. The molecular weight excluding hydrogens is 236 g/mol. The van der Waals surface area contributed by atoms with Gasteiger partial charge in [0.2, 0.25) is 0 Å². The predicted molar refractivity (Wildman–Crippen MR) is 67.4 cm³/mol. The molecule has 0 aliphatic heterocycles. The maximum atomic E-state index is 11.0. The fraction of sp³-hybridized carbons (Fsp3) is 0.231. The molecule has 1 aromatic carbocycles. The minimum absolute atomic E-state index is 0.302. The summed E-state index contributed by atoms with van der Waals surface area (Å²) in [4.78, 5) is 11.0. The Morgan fingerprint density at radius 3 is 2.47 bits per heavy atom. The van der Waals surface area contributed by atoms with Crippen LogP contribution in [0.2, 0.25) is 0 Å². The molecule has 0 bridgehead atoms. The minimum Gasteiger partial charge on any atom is -0.274 e. The molecule has 3 nitrogen and oxygen atoms in total. The molecular formula is C13H13ClN2O. The second-order valence-corrected chi connectivity index (χ2v) is 4.43. The van der Waals surface area contributed by atoms with E-state index in [1.54, 1.807) is 10.7 Å². The average molecular weight is 249 g/mol. The lowest BCUT2D eigenvalue weighted by Gasteiger charge is -2.04. The van der Waals surface area contributed by atoms with Crippen molar-refractivity contribution < 1.29 is 4.79 Å². The number of aromatic nitrogens is 2. The Morgan fingerprint density at radius 1 is 1.29 bits per heavy atom. The maximum Gasteiger partial charge on any atom is 0.272 e. The molecule has 0 saturated carbocycles. The van der Waals surface area contributed by atoms with Crippen molar-refractivity contribution >= 4 is 16.8 Å². The van der Waals surface area contributed by atoms with Gasteiger partial charge < -0.3 is 0 Å². The van der Waals surface area contributed by atoms with Gasteiger partial charge in [-0.25, -0.2) is 0 Å². The predicted octanol–water partition coefficient (Wildman–Crippen LogP) is 2.93. The molecule has 0 atom stereocenters. The largest absolute Gasteiger partial charge is 0.274 e. The van der Waals surface area contributed by atoms with Crippen molar-refractivity contribution in [1.82, 2.24) is 9.78 Å². The number of aryl methyl sites for hydroxylation is 2. The molecule has 4 heteroatoms. The molecule has 88 valence electrons. The molecule has 1 aromatic heterocycles. The van der Waals surface area contributed by atoms with Crippen molar-refractivity contribution in [3.63, 3.8) is 0 Å². The van der Waals surface area contributed by atoms with Crippen LogP contribution in [0.4, 0.5) is 0 Å². The number of hydrogen-bond acceptors (Lipinski definition) is 2. The van der Waals surface area contributed by atoms with Gasteiger partial charge in [0.15, 0.2) is 0 Å². The Kier molecular flexibility index (Phi) is 3.29. The summed E-state index contributed by atoms with van der Waals surface area (Å²) in [6.45, 7) is 4.61. The molecule has 0 aliphatic rings. The summed E-state index contributed by atoms with van der Waals surface area (Å²) in [7, 11) is 0. The Balaban J connectivity index is 2.24. The Morgan fingerprint density at radius 2 is 1.94 bits per heavy atom. The third kappa shape index (κ3) is 2.74. The smallest absolute Gasteiger partial charge is 0.272 e. The second kappa shape index (κ2) is 4.72. The quantitative estimate of drug-likeness (QED) is 0.783.